The van der Waals surface area contributed by atoms with E-state index in [1.165, 1.54) is 25.7 Å². The van der Waals surface area contributed by atoms with Crippen molar-refractivity contribution in [2.75, 3.05) is 0 Å². The fourth-order valence-electron chi connectivity index (χ4n) is 3.94. The smallest absolute Gasteiger partial charge is 0.0298 e. The van der Waals surface area contributed by atoms with Gasteiger partial charge in [0.05, 0.1) is 0 Å². The lowest BCUT2D eigenvalue weighted by molar-refractivity contribution is -0.00134. The van der Waals surface area contributed by atoms with E-state index in [9.17, 15) is 0 Å². The highest BCUT2D eigenvalue weighted by Crippen LogP contribution is 2.52. The molecule has 0 aromatic rings. The van der Waals surface area contributed by atoms with Gasteiger partial charge in [-0.2, -0.15) is 0 Å². The molecule has 116 valence electrons. The van der Waals surface area contributed by atoms with Gasteiger partial charge in [0.15, 0.2) is 0 Å². The lowest BCUT2D eigenvalue weighted by Gasteiger charge is -2.49. The Morgan fingerprint density at radius 2 is 1.32 bits per heavy atom. The maximum Gasteiger partial charge on any atom is -0.0298 e. The van der Waals surface area contributed by atoms with E-state index in [0.717, 1.165) is 11.8 Å². The molecule has 0 aliphatic carbocycles. The zero-order valence-corrected chi connectivity index (χ0v) is 15.5. The van der Waals surface area contributed by atoms with Gasteiger partial charge < -0.3 is 0 Å². The van der Waals surface area contributed by atoms with Crippen molar-refractivity contribution in [3.8, 4) is 0 Å². The standard InChI is InChI=1S/C19H40/c1-11-13-16(19(9,10)15(3)4)18(7,8)14-17(5,6)12-2/h15-16H,11-14H2,1-10H3. The van der Waals surface area contributed by atoms with E-state index < -0.39 is 0 Å². The fraction of sp³-hybridized carbons (Fsp3) is 1.00. The van der Waals surface area contributed by atoms with Gasteiger partial charge in [-0.1, -0.05) is 82.1 Å². The van der Waals surface area contributed by atoms with E-state index in [0.29, 0.717) is 16.2 Å². The lowest BCUT2D eigenvalue weighted by Crippen LogP contribution is -2.41. The predicted octanol–water partition coefficient (Wildman–Crippen LogP) is 6.94. The van der Waals surface area contributed by atoms with Crippen molar-refractivity contribution in [2.45, 2.75) is 94.9 Å². The summed E-state index contributed by atoms with van der Waals surface area (Å²) in [4.78, 5) is 0. The molecule has 19 heavy (non-hydrogen) atoms. The Bertz CT molecular complexity index is 255. The van der Waals surface area contributed by atoms with Crippen molar-refractivity contribution in [3.05, 3.63) is 0 Å². The van der Waals surface area contributed by atoms with Crippen LogP contribution in [0.2, 0.25) is 0 Å². The van der Waals surface area contributed by atoms with E-state index in [1.54, 1.807) is 0 Å². The maximum atomic E-state index is 2.51. The molecule has 0 saturated carbocycles. The van der Waals surface area contributed by atoms with Crippen LogP contribution in [0, 0.1) is 28.1 Å². The molecule has 0 radical (unpaired) electrons. The topological polar surface area (TPSA) is 0 Å². The maximum absolute atomic E-state index is 2.51. The summed E-state index contributed by atoms with van der Waals surface area (Å²) in [5, 5.41) is 0. The monoisotopic (exact) mass is 268 g/mol. The van der Waals surface area contributed by atoms with E-state index >= 15 is 0 Å². The molecule has 0 spiro atoms. The average molecular weight is 269 g/mol. The van der Waals surface area contributed by atoms with Crippen molar-refractivity contribution in [3.63, 3.8) is 0 Å². The molecule has 0 heteroatoms. The number of hydrogen-bond acceptors (Lipinski definition) is 0. The molecule has 0 nitrogen and oxygen atoms in total. The Morgan fingerprint density at radius 3 is 1.63 bits per heavy atom. The first-order chi connectivity index (χ1) is 8.40. The highest BCUT2D eigenvalue weighted by atomic mass is 14.5. The van der Waals surface area contributed by atoms with E-state index in [2.05, 4.69) is 69.2 Å². The first-order valence-corrected chi connectivity index (χ1v) is 8.40. The van der Waals surface area contributed by atoms with Gasteiger partial charge in [-0.25, -0.2) is 0 Å². The van der Waals surface area contributed by atoms with Gasteiger partial charge in [0.1, 0.15) is 0 Å². The summed E-state index contributed by atoms with van der Waals surface area (Å²) in [5.74, 6) is 1.55. The molecule has 0 aliphatic heterocycles. The molecule has 0 bridgehead atoms. The second-order valence-electron chi connectivity index (χ2n) is 9.00. The first-order valence-electron chi connectivity index (χ1n) is 8.40. The number of hydrogen-bond donors (Lipinski definition) is 0. The summed E-state index contributed by atoms with van der Waals surface area (Å²) in [6.07, 6.45) is 5.27. The Labute approximate surface area is 123 Å². The molecule has 1 unspecified atom stereocenters. The average Bonchev–Trinajstić information content (AvgIpc) is 2.23. The van der Waals surface area contributed by atoms with Crippen molar-refractivity contribution >= 4 is 0 Å². The molecule has 0 rings (SSSR count). The van der Waals surface area contributed by atoms with Crippen LogP contribution in [0.15, 0.2) is 0 Å². The van der Waals surface area contributed by atoms with Crippen LogP contribution in [0.25, 0.3) is 0 Å². The second-order valence-corrected chi connectivity index (χ2v) is 9.00. The van der Waals surface area contributed by atoms with Gasteiger partial charge in [0.25, 0.3) is 0 Å². The van der Waals surface area contributed by atoms with Crippen LogP contribution in [0.5, 0.6) is 0 Å². The molecule has 0 aromatic carbocycles. The third-order valence-corrected chi connectivity index (χ3v) is 5.80. The van der Waals surface area contributed by atoms with Gasteiger partial charge in [-0.05, 0) is 40.9 Å². The van der Waals surface area contributed by atoms with E-state index in [1.807, 2.05) is 0 Å². The third kappa shape index (κ3) is 5.12. The zero-order valence-electron chi connectivity index (χ0n) is 15.5. The quantitative estimate of drug-likeness (QED) is 0.447. The minimum absolute atomic E-state index is 0.420. The van der Waals surface area contributed by atoms with Crippen LogP contribution < -0.4 is 0 Å². The van der Waals surface area contributed by atoms with Crippen LogP contribution in [-0.2, 0) is 0 Å². The summed E-state index contributed by atoms with van der Waals surface area (Å²) in [7, 11) is 0. The van der Waals surface area contributed by atoms with Crippen molar-refractivity contribution < 1.29 is 0 Å². The van der Waals surface area contributed by atoms with Crippen molar-refractivity contribution in [1.82, 2.24) is 0 Å². The first kappa shape index (κ1) is 19.0. The van der Waals surface area contributed by atoms with Crippen molar-refractivity contribution in [1.29, 1.82) is 0 Å². The van der Waals surface area contributed by atoms with Gasteiger partial charge in [-0.3, -0.25) is 0 Å². The minimum Gasteiger partial charge on any atom is -0.0654 e. The van der Waals surface area contributed by atoms with Crippen LogP contribution in [0.4, 0.5) is 0 Å². The number of rotatable bonds is 8. The highest BCUT2D eigenvalue weighted by molar-refractivity contribution is 4.92. The van der Waals surface area contributed by atoms with Crippen LogP contribution in [-0.4, -0.2) is 0 Å². The lowest BCUT2D eigenvalue weighted by atomic mass is 9.56. The Morgan fingerprint density at radius 1 is 0.842 bits per heavy atom. The minimum atomic E-state index is 0.420. The van der Waals surface area contributed by atoms with Crippen LogP contribution >= 0.6 is 0 Å². The van der Waals surface area contributed by atoms with Crippen molar-refractivity contribution in [2.24, 2.45) is 28.1 Å². The van der Waals surface area contributed by atoms with Gasteiger partial charge in [0.2, 0.25) is 0 Å². The van der Waals surface area contributed by atoms with E-state index in [4.69, 9.17) is 0 Å². The molecule has 0 heterocycles. The SMILES string of the molecule is CCCC(C(C)(C)CC(C)(C)CC)C(C)(C)C(C)C. The summed E-state index contributed by atoms with van der Waals surface area (Å²) < 4.78 is 0. The van der Waals surface area contributed by atoms with Gasteiger partial charge in [-0.15, -0.1) is 0 Å². The summed E-state index contributed by atoms with van der Waals surface area (Å²) >= 11 is 0. The molecular weight excluding hydrogens is 228 g/mol. The Hall–Kier alpha value is 0. The second kappa shape index (κ2) is 6.64. The van der Waals surface area contributed by atoms with Crippen LogP contribution in [0.1, 0.15) is 94.9 Å². The fourth-order valence-corrected chi connectivity index (χ4v) is 3.94. The molecule has 0 aliphatic rings. The predicted molar refractivity (Wildman–Crippen MR) is 89.5 cm³/mol. The highest BCUT2D eigenvalue weighted by Gasteiger charge is 2.43. The van der Waals surface area contributed by atoms with Gasteiger partial charge in [0, 0.05) is 0 Å². The normalized spacial score (nSPS) is 15.9. The summed E-state index contributed by atoms with van der Waals surface area (Å²) in [6.45, 7) is 24.3. The Balaban J connectivity index is 5.27. The van der Waals surface area contributed by atoms with Gasteiger partial charge >= 0.3 is 0 Å². The van der Waals surface area contributed by atoms with E-state index in [-0.39, 0.29) is 0 Å². The Kier molecular flexibility index (Phi) is 6.64. The molecule has 0 saturated heterocycles. The third-order valence-electron chi connectivity index (χ3n) is 5.80. The molecule has 0 amide bonds. The molecule has 0 N–H and O–H groups in total. The molecule has 0 aromatic heterocycles. The summed E-state index contributed by atoms with van der Waals surface area (Å²) in [5.41, 5.74) is 1.30. The molecule has 0 fully saturated rings. The van der Waals surface area contributed by atoms with Crippen LogP contribution in [0.3, 0.4) is 0 Å². The molecular formula is C19H40. The molecule has 1 atom stereocenters. The summed E-state index contributed by atoms with van der Waals surface area (Å²) in [6, 6.07) is 0. The largest absolute Gasteiger partial charge is 0.0654 e. The zero-order chi connectivity index (χ0) is 15.5.